The van der Waals surface area contributed by atoms with Crippen LogP contribution in [0.4, 0.5) is 0 Å². The van der Waals surface area contributed by atoms with Crippen molar-refractivity contribution in [2.24, 2.45) is 0 Å². The van der Waals surface area contributed by atoms with Crippen LogP contribution in [0.15, 0.2) is 27.4 Å². The molecule has 4 nitrogen and oxygen atoms in total. The molecule has 0 spiro atoms. The molecule has 0 bridgehead atoms. The van der Waals surface area contributed by atoms with E-state index in [4.69, 9.17) is 4.98 Å². The zero-order chi connectivity index (χ0) is 15.2. The number of hydrogen-bond acceptors (Lipinski definition) is 6. The van der Waals surface area contributed by atoms with Gasteiger partial charge in [0.25, 0.3) is 0 Å². The molecule has 0 atom stereocenters. The van der Waals surface area contributed by atoms with Crippen LogP contribution in [0.2, 0.25) is 0 Å². The van der Waals surface area contributed by atoms with Crippen molar-refractivity contribution in [3.63, 3.8) is 0 Å². The number of thioether (sulfide) groups is 1. The zero-order valence-corrected chi connectivity index (χ0v) is 15.0. The summed E-state index contributed by atoms with van der Waals surface area (Å²) in [7, 11) is 0. The first kappa shape index (κ1) is 14.2. The Bertz CT molecular complexity index is 812. The molecule has 0 unspecified atom stereocenters. The Labute approximate surface area is 147 Å². The van der Waals surface area contributed by atoms with Gasteiger partial charge in [-0.25, -0.2) is 4.98 Å². The SMILES string of the molecule is c1cc(-c2nc(CSc3nnc(C4CC4)n3C3CC3)cs2)cs1. The van der Waals surface area contributed by atoms with E-state index in [2.05, 4.69) is 37.0 Å². The third-order valence-electron chi connectivity index (χ3n) is 4.21. The van der Waals surface area contributed by atoms with E-state index in [0.717, 1.165) is 21.6 Å². The second-order valence-electron chi connectivity index (χ2n) is 6.16. The predicted octanol–water partition coefficient (Wildman–Crippen LogP) is 4.97. The fraction of sp³-hybridized carbons (Fsp3) is 0.438. The Hall–Kier alpha value is -1.18. The topological polar surface area (TPSA) is 43.6 Å². The molecule has 3 aromatic rings. The molecule has 2 aliphatic carbocycles. The smallest absolute Gasteiger partial charge is 0.191 e. The van der Waals surface area contributed by atoms with E-state index in [1.807, 2.05) is 0 Å². The summed E-state index contributed by atoms with van der Waals surface area (Å²) in [5.74, 6) is 2.77. The first-order valence-electron chi connectivity index (χ1n) is 7.93. The molecule has 5 rings (SSSR count). The maximum absolute atomic E-state index is 4.76. The molecule has 0 amide bonds. The molecule has 7 heteroatoms. The first-order valence-corrected chi connectivity index (χ1v) is 10.7. The molecule has 0 N–H and O–H groups in total. The lowest BCUT2D eigenvalue weighted by Gasteiger charge is -2.07. The van der Waals surface area contributed by atoms with Crippen molar-refractivity contribution < 1.29 is 0 Å². The third kappa shape index (κ3) is 2.86. The monoisotopic (exact) mass is 360 g/mol. The molecule has 2 fully saturated rings. The summed E-state index contributed by atoms with van der Waals surface area (Å²) in [5, 5.41) is 17.6. The summed E-state index contributed by atoms with van der Waals surface area (Å²) in [6, 6.07) is 2.78. The second kappa shape index (κ2) is 5.72. The van der Waals surface area contributed by atoms with Gasteiger partial charge in [0, 0.05) is 34.0 Å². The van der Waals surface area contributed by atoms with Crippen LogP contribution in [0.5, 0.6) is 0 Å². The molecule has 23 heavy (non-hydrogen) atoms. The summed E-state index contributed by atoms with van der Waals surface area (Å²) < 4.78 is 2.41. The molecule has 2 aliphatic rings. The maximum Gasteiger partial charge on any atom is 0.191 e. The normalized spacial score (nSPS) is 17.7. The lowest BCUT2D eigenvalue weighted by atomic mass is 10.4. The number of nitrogens with zero attached hydrogens (tertiary/aromatic N) is 4. The van der Waals surface area contributed by atoms with Crippen molar-refractivity contribution in [1.82, 2.24) is 19.7 Å². The highest BCUT2D eigenvalue weighted by molar-refractivity contribution is 7.98. The van der Waals surface area contributed by atoms with Gasteiger partial charge in [-0.2, -0.15) is 11.3 Å². The largest absolute Gasteiger partial charge is 0.303 e. The average molecular weight is 361 g/mol. The number of aromatic nitrogens is 4. The molecule has 3 aromatic heterocycles. The minimum absolute atomic E-state index is 0.653. The Morgan fingerprint density at radius 2 is 2.09 bits per heavy atom. The Kier molecular flexibility index (Phi) is 3.53. The molecule has 3 heterocycles. The van der Waals surface area contributed by atoms with E-state index < -0.39 is 0 Å². The van der Waals surface area contributed by atoms with E-state index >= 15 is 0 Å². The molecule has 118 valence electrons. The fourth-order valence-electron chi connectivity index (χ4n) is 2.71. The van der Waals surface area contributed by atoms with Crippen LogP contribution in [-0.4, -0.2) is 19.7 Å². The van der Waals surface area contributed by atoms with Crippen molar-refractivity contribution in [2.45, 2.75) is 48.6 Å². The maximum atomic E-state index is 4.76. The van der Waals surface area contributed by atoms with Crippen LogP contribution in [0.3, 0.4) is 0 Å². The van der Waals surface area contributed by atoms with Gasteiger partial charge < -0.3 is 4.57 Å². The number of thiophene rings is 1. The summed E-state index contributed by atoms with van der Waals surface area (Å²) in [4.78, 5) is 4.76. The quantitative estimate of drug-likeness (QED) is 0.582. The van der Waals surface area contributed by atoms with Gasteiger partial charge in [0.2, 0.25) is 0 Å². The van der Waals surface area contributed by atoms with Gasteiger partial charge in [-0.05, 0) is 37.1 Å². The van der Waals surface area contributed by atoms with E-state index in [1.165, 1.54) is 37.1 Å². The number of rotatable bonds is 6. The first-order chi connectivity index (χ1) is 11.4. The third-order valence-corrected chi connectivity index (χ3v) is 6.81. The van der Waals surface area contributed by atoms with E-state index in [0.29, 0.717) is 12.0 Å². The molecular weight excluding hydrogens is 344 g/mol. The lowest BCUT2D eigenvalue weighted by molar-refractivity contribution is 0.627. The highest BCUT2D eigenvalue weighted by Crippen LogP contribution is 2.46. The highest BCUT2D eigenvalue weighted by Gasteiger charge is 2.36. The van der Waals surface area contributed by atoms with Gasteiger partial charge in [0.1, 0.15) is 10.8 Å². The Balaban J connectivity index is 1.33. The van der Waals surface area contributed by atoms with Gasteiger partial charge in [0.05, 0.1) is 5.69 Å². The summed E-state index contributed by atoms with van der Waals surface area (Å²) in [6.07, 6.45) is 5.13. The van der Waals surface area contributed by atoms with Gasteiger partial charge in [-0.15, -0.1) is 21.5 Å². The summed E-state index contributed by atoms with van der Waals surface area (Å²) >= 11 is 5.22. The van der Waals surface area contributed by atoms with Crippen molar-refractivity contribution in [1.29, 1.82) is 0 Å². The van der Waals surface area contributed by atoms with Crippen LogP contribution >= 0.6 is 34.4 Å². The predicted molar refractivity (Wildman–Crippen MR) is 95.3 cm³/mol. The van der Waals surface area contributed by atoms with E-state index in [1.54, 1.807) is 34.4 Å². The van der Waals surface area contributed by atoms with Gasteiger partial charge in [-0.3, -0.25) is 0 Å². The molecule has 0 saturated heterocycles. The van der Waals surface area contributed by atoms with Crippen molar-refractivity contribution >= 4 is 34.4 Å². The standard InChI is InChI=1S/C16H16N4S3/c1-2-10(1)14-18-19-16(20(14)13-3-4-13)23-9-12-8-22-15(17-12)11-5-6-21-7-11/h5-8,10,13H,1-4,9H2. The minimum Gasteiger partial charge on any atom is -0.303 e. The highest BCUT2D eigenvalue weighted by atomic mass is 32.2. The lowest BCUT2D eigenvalue weighted by Crippen LogP contribution is -2.01. The Morgan fingerprint density at radius 3 is 2.83 bits per heavy atom. The van der Waals surface area contributed by atoms with Crippen LogP contribution in [0.25, 0.3) is 10.6 Å². The van der Waals surface area contributed by atoms with Crippen LogP contribution in [0, 0.1) is 0 Å². The van der Waals surface area contributed by atoms with Crippen LogP contribution in [-0.2, 0) is 5.75 Å². The molecular formula is C16H16N4S3. The van der Waals surface area contributed by atoms with Gasteiger partial charge in [-0.1, -0.05) is 11.8 Å². The fourth-order valence-corrected chi connectivity index (χ4v) is 5.26. The van der Waals surface area contributed by atoms with Crippen molar-refractivity contribution in [2.75, 3.05) is 0 Å². The zero-order valence-electron chi connectivity index (χ0n) is 12.5. The van der Waals surface area contributed by atoms with E-state index in [-0.39, 0.29) is 0 Å². The summed E-state index contributed by atoms with van der Waals surface area (Å²) in [5.41, 5.74) is 2.37. The molecule has 2 saturated carbocycles. The molecule has 0 aromatic carbocycles. The van der Waals surface area contributed by atoms with Gasteiger partial charge in [0.15, 0.2) is 5.16 Å². The van der Waals surface area contributed by atoms with Crippen molar-refractivity contribution in [3.8, 4) is 10.6 Å². The minimum atomic E-state index is 0.653. The van der Waals surface area contributed by atoms with E-state index in [9.17, 15) is 0 Å². The average Bonchev–Trinajstić information content (AvgIpc) is 3.43. The molecule has 0 aliphatic heterocycles. The van der Waals surface area contributed by atoms with Crippen LogP contribution in [0.1, 0.15) is 49.2 Å². The second-order valence-corrected chi connectivity index (χ2v) is 8.74. The number of hydrogen-bond donors (Lipinski definition) is 0. The van der Waals surface area contributed by atoms with Crippen LogP contribution < -0.4 is 0 Å². The summed E-state index contributed by atoms with van der Waals surface area (Å²) in [6.45, 7) is 0. The number of thiazole rings is 1. The van der Waals surface area contributed by atoms with Gasteiger partial charge >= 0.3 is 0 Å². The molecule has 0 radical (unpaired) electrons. The Morgan fingerprint density at radius 1 is 1.17 bits per heavy atom. The van der Waals surface area contributed by atoms with Crippen molar-refractivity contribution in [3.05, 3.63) is 33.7 Å².